The van der Waals surface area contributed by atoms with Crippen molar-refractivity contribution in [2.75, 3.05) is 23.5 Å². The zero-order valence-corrected chi connectivity index (χ0v) is 12.3. The van der Waals surface area contributed by atoms with Crippen molar-refractivity contribution in [3.8, 4) is 0 Å². The number of nitrogens with two attached hydrogens (primary N) is 1. The summed E-state index contributed by atoms with van der Waals surface area (Å²) < 4.78 is 0. The molecule has 8 heteroatoms. The number of thioether (sulfide) groups is 1. The number of nitrogens with one attached hydrogen (secondary N) is 2. The number of nitrogens with zero attached hydrogens (tertiary/aromatic N) is 1. The van der Waals surface area contributed by atoms with Gasteiger partial charge in [-0.3, -0.25) is 20.8 Å². The minimum absolute atomic E-state index is 0.181. The monoisotopic (exact) mass is 310 g/mol. The number of nitro benzene ring substituents is 1. The largest absolute Gasteiger partial charge is 0.352 e. The molecule has 7 nitrogen and oxygen atoms in total. The Bertz CT molecular complexity index is 532. The Morgan fingerprint density at radius 2 is 2.14 bits per heavy atom. The molecule has 1 aliphatic rings. The number of hydrogen-bond donors (Lipinski definition) is 3. The number of nitrogen functional groups attached to an aromatic ring is 1. The molecule has 4 N–H and O–H groups in total. The third kappa shape index (κ3) is 4.08. The second-order valence-electron chi connectivity index (χ2n) is 4.90. The van der Waals surface area contributed by atoms with Gasteiger partial charge >= 0.3 is 0 Å². The Kier molecular flexibility index (Phi) is 5.40. The van der Waals surface area contributed by atoms with Crippen LogP contribution in [0.25, 0.3) is 0 Å². The van der Waals surface area contributed by atoms with Crippen LogP contribution in [0, 0.1) is 16.0 Å². The lowest BCUT2D eigenvalue weighted by atomic mass is 10.0. The number of rotatable bonds is 5. The van der Waals surface area contributed by atoms with E-state index in [4.69, 9.17) is 5.84 Å². The summed E-state index contributed by atoms with van der Waals surface area (Å²) in [6.07, 6.45) is 2.20. The summed E-state index contributed by atoms with van der Waals surface area (Å²) in [5.74, 6) is 7.67. The van der Waals surface area contributed by atoms with Crippen LogP contribution < -0.4 is 16.6 Å². The molecule has 1 saturated heterocycles. The summed E-state index contributed by atoms with van der Waals surface area (Å²) >= 11 is 1.93. The normalized spacial score (nSPS) is 15.5. The van der Waals surface area contributed by atoms with Crippen molar-refractivity contribution in [2.45, 2.75) is 12.8 Å². The van der Waals surface area contributed by atoms with Gasteiger partial charge in [-0.15, -0.1) is 0 Å². The van der Waals surface area contributed by atoms with Crippen molar-refractivity contribution in [3.05, 3.63) is 33.9 Å². The highest BCUT2D eigenvalue weighted by molar-refractivity contribution is 7.99. The molecular weight excluding hydrogens is 292 g/mol. The second-order valence-corrected chi connectivity index (χ2v) is 6.12. The summed E-state index contributed by atoms with van der Waals surface area (Å²) in [6, 6.07) is 4.19. The zero-order valence-electron chi connectivity index (χ0n) is 11.5. The average molecular weight is 310 g/mol. The molecule has 0 aliphatic carbocycles. The molecule has 1 aliphatic heterocycles. The lowest BCUT2D eigenvalue weighted by molar-refractivity contribution is -0.384. The van der Waals surface area contributed by atoms with Crippen LogP contribution in [0.4, 0.5) is 11.4 Å². The molecule has 0 unspecified atom stereocenters. The van der Waals surface area contributed by atoms with E-state index in [1.54, 1.807) is 0 Å². The first-order valence-electron chi connectivity index (χ1n) is 6.73. The maximum absolute atomic E-state index is 12.1. The first-order chi connectivity index (χ1) is 10.1. The van der Waals surface area contributed by atoms with E-state index in [1.807, 2.05) is 11.8 Å². The molecule has 0 spiro atoms. The van der Waals surface area contributed by atoms with Crippen LogP contribution in [0.1, 0.15) is 23.2 Å². The standard InChI is InChI=1S/C13H18N4O3S/c14-16-11-2-1-10(7-12(11)17(19)20)13(18)15-8-9-3-5-21-6-4-9/h1-2,7,9,16H,3-6,8,14H2,(H,15,18). The average Bonchev–Trinajstić information content (AvgIpc) is 2.52. The molecule has 1 heterocycles. The SMILES string of the molecule is NNc1ccc(C(=O)NCC2CCSCC2)cc1[N+](=O)[O-]. The predicted octanol–water partition coefficient (Wildman–Crippen LogP) is 1.75. The van der Waals surface area contributed by atoms with Crippen LogP contribution in [0.2, 0.25) is 0 Å². The lowest BCUT2D eigenvalue weighted by Gasteiger charge is -2.21. The molecule has 0 bridgehead atoms. The van der Waals surface area contributed by atoms with Crippen molar-refractivity contribution in [3.63, 3.8) is 0 Å². The van der Waals surface area contributed by atoms with Gasteiger partial charge in [0.2, 0.25) is 0 Å². The van der Waals surface area contributed by atoms with Crippen LogP contribution in [0.15, 0.2) is 18.2 Å². The van der Waals surface area contributed by atoms with E-state index in [0.717, 1.165) is 24.3 Å². The number of hydrazine groups is 1. The number of carbonyl (C=O) groups is 1. The van der Waals surface area contributed by atoms with Gasteiger partial charge in [0.15, 0.2) is 0 Å². The van der Waals surface area contributed by atoms with Crippen molar-refractivity contribution >= 4 is 29.0 Å². The topological polar surface area (TPSA) is 110 Å². The van der Waals surface area contributed by atoms with E-state index < -0.39 is 4.92 Å². The molecular formula is C13H18N4O3S. The molecule has 0 radical (unpaired) electrons. The first kappa shape index (κ1) is 15.6. The Labute approximate surface area is 126 Å². The fourth-order valence-electron chi connectivity index (χ4n) is 2.24. The Balaban J connectivity index is 2.01. The van der Waals surface area contributed by atoms with E-state index >= 15 is 0 Å². The molecule has 1 amide bonds. The summed E-state index contributed by atoms with van der Waals surface area (Å²) in [5, 5.41) is 13.8. The van der Waals surface area contributed by atoms with E-state index in [9.17, 15) is 14.9 Å². The summed E-state index contributed by atoms with van der Waals surface area (Å²) in [5.41, 5.74) is 2.49. The summed E-state index contributed by atoms with van der Waals surface area (Å²) in [4.78, 5) is 22.4. The molecule has 1 fully saturated rings. The molecule has 2 rings (SSSR count). The van der Waals surface area contributed by atoms with Crippen LogP contribution in [0.3, 0.4) is 0 Å². The van der Waals surface area contributed by atoms with Crippen LogP contribution in [0.5, 0.6) is 0 Å². The maximum Gasteiger partial charge on any atom is 0.294 e. The van der Waals surface area contributed by atoms with Gasteiger partial charge in [-0.1, -0.05) is 0 Å². The van der Waals surface area contributed by atoms with Gasteiger partial charge in [0.05, 0.1) is 4.92 Å². The van der Waals surface area contributed by atoms with Crippen molar-refractivity contribution in [1.29, 1.82) is 0 Å². The highest BCUT2D eigenvalue weighted by Crippen LogP contribution is 2.25. The van der Waals surface area contributed by atoms with Crippen LogP contribution >= 0.6 is 11.8 Å². The lowest BCUT2D eigenvalue weighted by Crippen LogP contribution is -2.31. The summed E-state index contributed by atoms with van der Waals surface area (Å²) in [6.45, 7) is 0.615. The molecule has 0 saturated carbocycles. The van der Waals surface area contributed by atoms with Crippen molar-refractivity contribution in [1.82, 2.24) is 5.32 Å². The minimum Gasteiger partial charge on any atom is -0.352 e. The fourth-order valence-corrected chi connectivity index (χ4v) is 3.44. The summed E-state index contributed by atoms with van der Waals surface area (Å²) in [7, 11) is 0. The second kappa shape index (κ2) is 7.28. The van der Waals surface area contributed by atoms with Gasteiger partial charge < -0.3 is 10.7 Å². The quantitative estimate of drug-likeness (QED) is 0.434. The number of hydrogen-bond acceptors (Lipinski definition) is 6. The molecule has 114 valence electrons. The van der Waals surface area contributed by atoms with Gasteiger partial charge in [-0.25, -0.2) is 0 Å². The number of anilines is 1. The van der Waals surface area contributed by atoms with Crippen LogP contribution in [-0.4, -0.2) is 28.9 Å². The first-order valence-corrected chi connectivity index (χ1v) is 7.88. The van der Waals surface area contributed by atoms with Crippen molar-refractivity contribution < 1.29 is 9.72 Å². The maximum atomic E-state index is 12.1. The number of nitro groups is 1. The Hall–Kier alpha value is -1.80. The third-order valence-electron chi connectivity index (χ3n) is 3.50. The molecule has 21 heavy (non-hydrogen) atoms. The fraction of sp³-hybridized carbons (Fsp3) is 0.462. The number of benzene rings is 1. The Morgan fingerprint density at radius 3 is 2.76 bits per heavy atom. The van der Waals surface area contributed by atoms with Gasteiger partial charge in [0, 0.05) is 18.2 Å². The Morgan fingerprint density at radius 1 is 1.43 bits per heavy atom. The predicted molar refractivity (Wildman–Crippen MR) is 83.3 cm³/mol. The van der Waals surface area contributed by atoms with Gasteiger partial charge in [0.1, 0.15) is 5.69 Å². The minimum atomic E-state index is -0.565. The van der Waals surface area contributed by atoms with E-state index in [-0.39, 0.29) is 22.8 Å². The van der Waals surface area contributed by atoms with E-state index in [0.29, 0.717) is 12.5 Å². The van der Waals surface area contributed by atoms with Gasteiger partial charge in [0.25, 0.3) is 11.6 Å². The molecule has 0 atom stereocenters. The zero-order chi connectivity index (χ0) is 15.2. The smallest absolute Gasteiger partial charge is 0.294 e. The van der Waals surface area contributed by atoms with E-state index in [2.05, 4.69) is 10.7 Å². The number of amides is 1. The van der Waals surface area contributed by atoms with Gasteiger partial charge in [-0.05, 0) is 42.4 Å². The number of carbonyl (C=O) groups excluding carboxylic acids is 1. The van der Waals surface area contributed by atoms with Gasteiger partial charge in [-0.2, -0.15) is 11.8 Å². The third-order valence-corrected chi connectivity index (χ3v) is 4.55. The highest BCUT2D eigenvalue weighted by atomic mass is 32.2. The van der Waals surface area contributed by atoms with Crippen LogP contribution in [-0.2, 0) is 0 Å². The van der Waals surface area contributed by atoms with Crippen molar-refractivity contribution in [2.24, 2.45) is 11.8 Å². The van der Waals surface area contributed by atoms with E-state index in [1.165, 1.54) is 18.2 Å². The molecule has 1 aromatic rings. The molecule has 1 aromatic carbocycles. The highest BCUT2D eigenvalue weighted by Gasteiger charge is 2.18. The molecule has 0 aromatic heterocycles.